The number of sulfone groups is 1. The van der Waals surface area contributed by atoms with Crippen LogP contribution in [0.1, 0.15) is 16.8 Å². The van der Waals surface area contributed by atoms with Gasteiger partial charge in [0.1, 0.15) is 0 Å². The van der Waals surface area contributed by atoms with Crippen molar-refractivity contribution >= 4 is 15.9 Å². The molecule has 20 heavy (non-hydrogen) atoms. The molecule has 0 bridgehead atoms. The van der Waals surface area contributed by atoms with Crippen molar-refractivity contribution in [3.63, 3.8) is 0 Å². The molecular weight excluding hydrogens is 272 g/mol. The molecule has 2 aromatic rings. The summed E-state index contributed by atoms with van der Waals surface area (Å²) in [6.45, 7) is 1.26. The predicted molar refractivity (Wildman–Crippen MR) is 77.4 cm³/mol. The highest BCUT2D eigenvalue weighted by Crippen LogP contribution is 2.29. The van der Waals surface area contributed by atoms with E-state index in [4.69, 9.17) is 0 Å². The van der Waals surface area contributed by atoms with Crippen LogP contribution < -0.4 is 5.32 Å². The lowest BCUT2D eigenvalue weighted by Crippen LogP contribution is -2.14. The molecule has 0 spiro atoms. The Labute approximate surface area is 118 Å². The molecule has 5 heteroatoms. The third kappa shape index (κ3) is 2.50. The number of pyridine rings is 1. The van der Waals surface area contributed by atoms with Crippen LogP contribution in [0.5, 0.6) is 0 Å². The van der Waals surface area contributed by atoms with Gasteiger partial charge in [-0.25, -0.2) is 8.42 Å². The third-order valence-electron chi connectivity index (χ3n) is 3.22. The van der Waals surface area contributed by atoms with Gasteiger partial charge < -0.3 is 5.32 Å². The number of hydrogen-bond acceptors (Lipinski definition) is 4. The number of nitrogens with one attached hydrogen (secondary N) is 1. The van der Waals surface area contributed by atoms with E-state index in [1.165, 1.54) is 5.41 Å². The zero-order valence-electron chi connectivity index (χ0n) is 10.8. The Morgan fingerprint density at radius 1 is 1.05 bits per heavy atom. The second kappa shape index (κ2) is 5.19. The molecule has 3 rings (SSSR count). The lowest BCUT2D eigenvalue weighted by atomic mass is 10.1. The van der Waals surface area contributed by atoms with Gasteiger partial charge in [0.25, 0.3) is 0 Å². The quantitative estimate of drug-likeness (QED) is 0.935. The molecule has 0 saturated carbocycles. The molecule has 1 aromatic carbocycles. The fraction of sp³-hybridized carbons (Fsp3) is 0.133. The average Bonchev–Trinajstić information content (AvgIpc) is 2.77. The summed E-state index contributed by atoms with van der Waals surface area (Å²) in [5.74, 6) is 0. The fourth-order valence-corrected chi connectivity index (χ4v) is 3.48. The maximum atomic E-state index is 11.8. The molecule has 2 heterocycles. The van der Waals surface area contributed by atoms with Gasteiger partial charge in [-0.2, -0.15) is 0 Å². The second-order valence-electron chi connectivity index (χ2n) is 4.60. The van der Waals surface area contributed by atoms with Gasteiger partial charge in [0.05, 0.1) is 10.6 Å². The number of benzene rings is 1. The van der Waals surface area contributed by atoms with Gasteiger partial charge in [-0.15, -0.1) is 0 Å². The zero-order valence-corrected chi connectivity index (χ0v) is 11.6. The van der Waals surface area contributed by atoms with Gasteiger partial charge >= 0.3 is 0 Å². The summed E-state index contributed by atoms with van der Waals surface area (Å²) in [5, 5.41) is 4.55. The molecule has 1 aromatic heterocycles. The van der Waals surface area contributed by atoms with E-state index >= 15 is 0 Å². The van der Waals surface area contributed by atoms with E-state index in [2.05, 4.69) is 10.3 Å². The van der Waals surface area contributed by atoms with Crippen molar-refractivity contribution < 1.29 is 8.42 Å². The standard InChI is InChI=1S/C15H14N2O2S/c18-20(19)9-7-14-12(4-3-6-15(14)20)10-16-11-13-5-1-2-8-17-13/h1-9,16H,10-11H2. The minimum absolute atomic E-state index is 0.398. The van der Waals surface area contributed by atoms with Gasteiger partial charge in [0.15, 0.2) is 9.84 Å². The fourth-order valence-electron chi connectivity index (χ4n) is 2.24. The van der Waals surface area contributed by atoms with Crippen LogP contribution in [0.4, 0.5) is 0 Å². The normalized spacial score (nSPS) is 15.2. The van der Waals surface area contributed by atoms with E-state index in [1.54, 1.807) is 24.4 Å². The van der Waals surface area contributed by atoms with Crippen molar-refractivity contribution in [2.45, 2.75) is 18.0 Å². The zero-order chi connectivity index (χ0) is 14.0. The molecule has 102 valence electrons. The number of nitrogens with zero attached hydrogens (tertiary/aromatic N) is 1. The van der Waals surface area contributed by atoms with E-state index in [-0.39, 0.29) is 0 Å². The Balaban J connectivity index is 1.74. The molecule has 0 fully saturated rings. The number of hydrogen-bond donors (Lipinski definition) is 1. The first-order valence-corrected chi connectivity index (χ1v) is 7.87. The van der Waals surface area contributed by atoms with Crippen LogP contribution in [0.3, 0.4) is 0 Å². The molecule has 0 saturated heterocycles. The van der Waals surface area contributed by atoms with Gasteiger partial charge in [-0.05, 0) is 35.4 Å². The number of fused-ring (bicyclic) bond motifs is 1. The molecular formula is C15H14N2O2S. The van der Waals surface area contributed by atoms with Gasteiger partial charge in [0.2, 0.25) is 0 Å². The van der Waals surface area contributed by atoms with Crippen molar-refractivity contribution in [1.82, 2.24) is 10.3 Å². The largest absolute Gasteiger partial charge is 0.307 e. The average molecular weight is 286 g/mol. The molecule has 0 atom stereocenters. The monoisotopic (exact) mass is 286 g/mol. The molecule has 1 N–H and O–H groups in total. The second-order valence-corrected chi connectivity index (χ2v) is 6.40. The Bertz CT molecular complexity index is 753. The van der Waals surface area contributed by atoms with E-state index in [0.29, 0.717) is 18.0 Å². The Kier molecular flexibility index (Phi) is 3.38. The van der Waals surface area contributed by atoms with Crippen LogP contribution in [0.2, 0.25) is 0 Å². The van der Waals surface area contributed by atoms with Crippen LogP contribution >= 0.6 is 0 Å². The summed E-state index contributed by atoms with van der Waals surface area (Å²) < 4.78 is 23.6. The number of rotatable bonds is 4. The maximum absolute atomic E-state index is 11.8. The lowest BCUT2D eigenvalue weighted by Gasteiger charge is -2.08. The number of aromatic nitrogens is 1. The molecule has 0 unspecified atom stereocenters. The molecule has 4 nitrogen and oxygen atoms in total. The Morgan fingerprint density at radius 3 is 2.75 bits per heavy atom. The van der Waals surface area contributed by atoms with E-state index in [9.17, 15) is 8.42 Å². The van der Waals surface area contributed by atoms with Crippen molar-refractivity contribution in [3.05, 3.63) is 64.8 Å². The summed E-state index contributed by atoms with van der Waals surface area (Å²) in [7, 11) is -3.23. The van der Waals surface area contributed by atoms with Crippen molar-refractivity contribution in [2.24, 2.45) is 0 Å². The highest BCUT2D eigenvalue weighted by molar-refractivity contribution is 7.94. The van der Waals surface area contributed by atoms with Crippen LogP contribution in [-0.2, 0) is 22.9 Å². The topological polar surface area (TPSA) is 59.1 Å². The molecule has 1 aliphatic rings. The smallest absolute Gasteiger partial charge is 0.200 e. The van der Waals surface area contributed by atoms with Crippen LogP contribution in [0.15, 0.2) is 52.9 Å². The summed E-state index contributed by atoms with van der Waals surface area (Å²) in [4.78, 5) is 4.63. The first-order chi connectivity index (χ1) is 9.67. The molecule has 0 amide bonds. The highest BCUT2D eigenvalue weighted by Gasteiger charge is 2.22. The van der Waals surface area contributed by atoms with E-state index in [0.717, 1.165) is 16.8 Å². The lowest BCUT2D eigenvalue weighted by molar-refractivity contribution is 0.605. The Hall–Kier alpha value is -1.98. The first-order valence-electron chi connectivity index (χ1n) is 6.32. The molecule has 1 aliphatic heterocycles. The van der Waals surface area contributed by atoms with Gasteiger partial charge in [-0.1, -0.05) is 18.2 Å². The molecule has 0 aliphatic carbocycles. The highest BCUT2D eigenvalue weighted by atomic mass is 32.2. The summed E-state index contributed by atoms with van der Waals surface area (Å²) in [6, 6.07) is 11.1. The summed E-state index contributed by atoms with van der Waals surface area (Å²) in [5.41, 5.74) is 2.74. The SMILES string of the molecule is O=S1(=O)C=Cc2c(CNCc3ccccn3)cccc21. The van der Waals surface area contributed by atoms with Crippen LogP contribution in [0, 0.1) is 0 Å². The maximum Gasteiger partial charge on any atom is 0.200 e. The molecule has 0 radical (unpaired) electrons. The van der Waals surface area contributed by atoms with E-state index < -0.39 is 9.84 Å². The summed E-state index contributed by atoms with van der Waals surface area (Å²) >= 11 is 0. The van der Waals surface area contributed by atoms with Crippen LogP contribution in [0.25, 0.3) is 6.08 Å². The minimum atomic E-state index is -3.23. The van der Waals surface area contributed by atoms with Crippen molar-refractivity contribution in [2.75, 3.05) is 0 Å². The third-order valence-corrected chi connectivity index (χ3v) is 4.69. The van der Waals surface area contributed by atoms with Crippen molar-refractivity contribution in [1.29, 1.82) is 0 Å². The first kappa shape index (κ1) is 13.0. The predicted octanol–water partition coefficient (Wildman–Crippen LogP) is 2.13. The van der Waals surface area contributed by atoms with Crippen molar-refractivity contribution in [3.8, 4) is 0 Å². The van der Waals surface area contributed by atoms with Gasteiger partial charge in [-0.3, -0.25) is 4.98 Å². The van der Waals surface area contributed by atoms with Gasteiger partial charge in [0, 0.05) is 24.7 Å². The summed E-state index contributed by atoms with van der Waals surface area (Å²) in [6.07, 6.45) is 3.43. The Morgan fingerprint density at radius 2 is 1.95 bits per heavy atom. The van der Waals surface area contributed by atoms with Crippen LogP contribution in [-0.4, -0.2) is 13.4 Å². The minimum Gasteiger partial charge on any atom is -0.307 e. The van der Waals surface area contributed by atoms with E-state index in [1.807, 2.05) is 24.3 Å².